The predicted octanol–water partition coefficient (Wildman–Crippen LogP) is 7.21. The number of rotatable bonds is 1. The zero-order valence-corrected chi connectivity index (χ0v) is 22.3. The summed E-state index contributed by atoms with van der Waals surface area (Å²) in [5.74, 6) is -0.463. The Morgan fingerprint density at radius 1 is 0.884 bits per heavy atom. The Bertz CT molecular complexity index is 2080. The molecule has 0 bridgehead atoms. The van der Waals surface area contributed by atoms with Crippen molar-refractivity contribution in [2.24, 2.45) is 11.0 Å². The fourth-order valence-corrected chi connectivity index (χ4v) is 6.53. The summed E-state index contributed by atoms with van der Waals surface area (Å²) in [7, 11) is 0. The molecule has 3 atom stereocenters. The number of alkyl halides is 6. The minimum Gasteiger partial charge on any atom is -0.454 e. The van der Waals surface area contributed by atoms with Crippen molar-refractivity contribution in [1.82, 2.24) is 5.01 Å². The Labute approximate surface area is 240 Å². The van der Waals surface area contributed by atoms with Crippen LogP contribution in [0.15, 0.2) is 94.0 Å². The number of para-hydroxylation sites is 1. The Hall–Kier alpha value is -4.73. The third-order valence-corrected chi connectivity index (χ3v) is 8.63. The molecule has 216 valence electrons. The fourth-order valence-electron chi connectivity index (χ4n) is 6.53. The van der Waals surface area contributed by atoms with Gasteiger partial charge in [0, 0.05) is 16.9 Å². The molecule has 0 amide bonds. The van der Waals surface area contributed by atoms with E-state index in [1.807, 2.05) is 73.7 Å². The van der Waals surface area contributed by atoms with E-state index in [1.165, 1.54) is 0 Å². The van der Waals surface area contributed by atoms with Crippen molar-refractivity contribution in [3.8, 4) is 5.75 Å². The summed E-state index contributed by atoms with van der Waals surface area (Å²) < 4.78 is 94.0. The van der Waals surface area contributed by atoms with Gasteiger partial charge in [0.15, 0.2) is 5.76 Å². The molecule has 8 rings (SSSR count). The molecule has 4 aromatic rings. The number of fused-ring (bicyclic) bond motifs is 10. The topological polar surface area (TPSA) is 38.0 Å². The number of benzene rings is 3. The molecule has 3 aromatic carbocycles. The molecular weight excluding hydrogens is 570 g/mol. The SMILES string of the molecule is CC12C=CC1c1c(oc3ccccc13)C1=C3C=c4ccccc4=CC3C(Oc3ccc(C(F)(F)F)c(C(F)(F)F)c3)=NN12. The van der Waals surface area contributed by atoms with Gasteiger partial charge in [-0.2, -0.15) is 26.3 Å². The van der Waals surface area contributed by atoms with Gasteiger partial charge in [-0.15, -0.1) is 5.10 Å². The average Bonchev–Trinajstić information content (AvgIpc) is 3.32. The quantitative estimate of drug-likeness (QED) is 0.174. The van der Waals surface area contributed by atoms with Crippen LogP contribution in [-0.4, -0.2) is 16.4 Å². The molecule has 0 radical (unpaired) electrons. The van der Waals surface area contributed by atoms with Crippen molar-refractivity contribution >= 4 is 34.7 Å². The Morgan fingerprint density at radius 3 is 2.33 bits per heavy atom. The molecule has 2 aliphatic heterocycles. The smallest absolute Gasteiger partial charge is 0.417 e. The van der Waals surface area contributed by atoms with E-state index in [4.69, 9.17) is 14.3 Å². The zero-order chi connectivity index (χ0) is 29.9. The second-order valence-electron chi connectivity index (χ2n) is 11.2. The third-order valence-electron chi connectivity index (χ3n) is 8.63. The van der Waals surface area contributed by atoms with Crippen LogP contribution < -0.4 is 15.2 Å². The van der Waals surface area contributed by atoms with E-state index in [0.717, 1.165) is 38.6 Å². The summed E-state index contributed by atoms with van der Waals surface area (Å²) in [5.41, 5.74) is -1.04. The van der Waals surface area contributed by atoms with Crippen molar-refractivity contribution < 1.29 is 35.5 Å². The van der Waals surface area contributed by atoms with Crippen LogP contribution in [0, 0.1) is 5.92 Å². The zero-order valence-electron chi connectivity index (χ0n) is 22.3. The molecule has 43 heavy (non-hydrogen) atoms. The van der Waals surface area contributed by atoms with Crippen molar-refractivity contribution in [1.29, 1.82) is 0 Å². The first kappa shape index (κ1) is 25.9. The van der Waals surface area contributed by atoms with Gasteiger partial charge in [0.05, 0.1) is 22.6 Å². The molecule has 4 aliphatic rings. The van der Waals surface area contributed by atoms with Crippen LogP contribution in [0.2, 0.25) is 0 Å². The minimum atomic E-state index is -5.25. The van der Waals surface area contributed by atoms with Crippen LogP contribution in [-0.2, 0) is 12.4 Å². The third kappa shape index (κ3) is 3.68. The molecule has 0 fully saturated rings. The van der Waals surface area contributed by atoms with Gasteiger partial charge in [-0.3, -0.25) is 0 Å². The Morgan fingerprint density at radius 2 is 1.60 bits per heavy atom. The Balaban J connectivity index is 1.34. The molecule has 3 unspecified atom stereocenters. The number of hydrogen-bond donors (Lipinski definition) is 0. The maximum atomic E-state index is 13.7. The molecule has 10 heteroatoms. The molecule has 0 saturated carbocycles. The highest BCUT2D eigenvalue weighted by Crippen LogP contribution is 2.58. The molecule has 0 saturated heterocycles. The molecule has 4 nitrogen and oxygen atoms in total. The molecule has 2 aliphatic carbocycles. The number of hydrogen-bond acceptors (Lipinski definition) is 4. The summed E-state index contributed by atoms with van der Waals surface area (Å²) >= 11 is 0. The fraction of sp³-hybridized carbons (Fsp3) is 0.182. The number of ether oxygens (including phenoxy) is 1. The maximum absolute atomic E-state index is 13.7. The van der Waals surface area contributed by atoms with Crippen molar-refractivity contribution in [3.05, 3.63) is 117 Å². The molecular formula is C33H20F6N2O2. The highest BCUT2D eigenvalue weighted by molar-refractivity contribution is 6.01. The highest BCUT2D eigenvalue weighted by Gasteiger charge is 2.55. The van der Waals surface area contributed by atoms with Crippen LogP contribution in [0.5, 0.6) is 5.75 Å². The van der Waals surface area contributed by atoms with Gasteiger partial charge in [0.1, 0.15) is 17.0 Å². The van der Waals surface area contributed by atoms with Crippen molar-refractivity contribution in [3.63, 3.8) is 0 Å². The van der Waals surface area contributed by atoms with Gasteiger partial charge in [-0.1, -0.05) is 60.7 Å². The second-order valence-corrected chi connectivity index (χ2v) is 11.2. The largest absolute Gasteiger partial charge is 0.454 e. The first-order valence-electron chi connectivity index (χ1n) is 13.5. The minimum absolute atomic E-state index is 0.0391. The standard InChI is InChI=1S/C33H20F6N2O2/c1-31-13-12-24(31)27-20-8-4-5-9-26(20)43-29(27)28-21-14-17-6-2-3-7-18(17)15-22(21)30(40-41(28)31)42-19-10-11-23(32(34,35)36)25(16-19)33(37,38)39/h2-16,22,24H,1H3. The monoisotopic (exact) mass is 590 g/mol. The predicted molar refractivity (Wildman–Crippen MR) is 148 cm³/mol. The van der Waals surface area contributed by atoms with Gasteiger partial charge >= 0.3 is 12.4 Å². The van der Waals surface area contributed by atoms with E-state index in [-0.39, 0.29) is 11.8 Å². The number of furan rings is 1. The summed E-state index contributed by atoms with van der Waals surface area (Å²) in [6.07, 6.45) is -2.49. The lowest BCUT2D eigenvalue weighted by atomic mass is 9.67. The van der Waals surface area contributed by atoms with Gasteiger partial charge in [-0.25, -0.2) is 5.01 Å². The van der Waals surface area contributed by atoms with Gasteiger partial charge in [-0.05, 0) is 53.3 Å². The van der Waals surface area contributed by atoms with E-state index in [0.29, 0.717) is 23.6 Å². The van der Waals surface area contributed by atoms with Gasteiger partial charge < -0.3 is 9.15 Å². The number of halogens is 6. The number of hydrazone groups is 1. The lowest BCUT2D eigenvalue weighted by molar-refractivity contribution is -0.162. The molecule has 0 spiro atoms. The van der Waals surface area contributed by atoms with E-state index in [2.05, 4.69) is 6.08 Å². The van der Waals surface area contributed by atoms with Crippen LogP contribution in [0.1, 0.15) is 35.3 Å². The maximum Gasteiger partial charge on any atom is 0.417 e. The van der Waals surface area contributed by atoms with E-state index < -0.39 is 40.7 Å². The van der Waals surface area contributed by atoms with Crippen LogP contribution in [0.25, 0.3) is 28.8 Å². The Kier molecular flexibility index (Phi) is 5.08. The molecule has 0 N–H and O–H groups in total. The summed E-state index contributed by atoms with van der Waals surface area (Å²) in [5, 5.41) is 9.39. The average molecular weight is 591 g/mol. The van der Waals surface area contributed by atoms with Crippen molar-refractivity contribution in [2.75, 3.05) is 0 Å². The molecule has 1 aromatic heterocycles. The van der Waals surface area contributed by atoms with Gasteiger partial charge in [0.2, 0.25) is 5.90 Å². The van der Waals surface area contributed by atoms with Crippen LogP contribution >= 0.6 is 0 Å². The lowest BCUT2D eigenvalue weighted by Crippen LogP contribution is -2.55. The van der Waals surface area contributed by atoms with Gasteiger partial charge in [0.25, 0.3) is 0 Å². The van der Waals surface area contributed by atoms with Crippen molar-refractivity contribution in [2.45, 2.75) is 30.7 Å². The summed E-state index contributed by atoms with van der Waals surface area (Å²) in [6.45, 7) is 2.00. The summed E-state index contributed by atoms with van der Waals surface area (Å²) in [6, 6.07) is 17.0. The lowest BCUT2D eigenvalue weighted by Gasteiger charge is -2.53. The van der Waals surface area contributed by atoms with E-state index in [1.54, 1.807) is 5.01 Å². The van der Waals surface area contributed by atoms with Crippen LogP contribution in [0.4, 0.5) is 26.3 Å². The van der Waals surface area contributed by atoms with E-state index >= 15 is 0 Å². The number of nitrogens with zero attached hydrogens (tertiary/aromatic N) is 2. The first-order chi connectivity index (χ1) is 20.4. The highest BCUT2D eigenvalue weighted by atomic mass is 19.4. The second kappa shape index (κ2) is 8.43. The van der Waals surface area contributed by atoms with Crippen LogP contribution in [0.3, 0.4) is 0 Å². The molecule has 3 heterocycles. The first-order valence-corrected chi connectivity index (χ1v) is 13.5. The normalized spacial score (nSPS) is 23.6. The van der Waals surface area contributed by atoms with E-state index in [9.17, 15) is 26.3 Å². The summed E-state index contributed by atoms with van der Waals surface area (Å²) in [4.78, 5) is 0.